The summed E-state index contributed by atoms with van der Waals surface area (Å²) in [5.74, 6) is 0.320. The third kappa shape index (κ3) is 3.45. The number of carboxylic acid groups (broad SMARTS) is 1. The second-order valence-corrected chi connectivity index (χ2v) is 7.65. The highest BCUT2D eigenvalue weighted by Gasteiger charge is 2.34. The van der Waals surface area contributed by atoms with Crippen molar-refractivity contribution >= 4 is 23.3 Å². The van der Waals surface area contributed by atoms with E-state index in [1.54, 1.807) is 16.7 Å². The van der Waals surface area contributed by atoms with Crippen LogP contribution in [0.25, 0.3) is 17.0 Å². The van der Waals surface area contributed by atoms with Crippen LogP contribution < -0.4 is 5.32 Å². The molecule has 1 aliphatic heterocycles. The van der Waals surface area contributed by atoms with Crippen molar-refractivity contribution in [1.82, 2.24) is 24.4 Å². The van der Waals surface area contributed by atoms with E-state index < -0.39 is 12.1 Å². The molecule has 0 bridgehead atoms. The highest BCUT2D eigenvalue weighted by atomic mass is 16.5. The van der Waals surface area contributed by atoms with Crippen molar-refractivity contribution < 1.29 is 19.2 Å². The molecule has 1 unspecified atom stereocenters. The first kappa shape index (κ1) is 19.7. The number of fused-ring (bicyclic) bond motifs is 1. The number of rotatable bonds is 4. The maximum absolute atomic E-state index is 12.9. The maximum atomic E-state index is 12.9. The minimum atomic E-state index is -1.00. The molecule has 2 amide bonds. The molecule has 0 radical (unpaired) electrons. The molecule has 2 N–H and O–H groups in total. The van der Waals surface area contributed by atoms with Crippen LogP contribution in [-0.2, 0) is 0 Å². The van der Waals surface area contributed by atoms with Gasteiger partial charge in [0.2, 0.25) is 11.7 Å². The van der Waals surface area contributed by atoms with Crippen LogP contribution >= 0.6 is 0 Å². The van der Waals surface area contributed by atoms with Crippen molar-refractivity contribution in [2.45, 2.75) is 25.8 Å². The monoisotopic (exact) mass is 432 g/mol. The van der Waals surface area contributed by atoms with E-state index in [2.05, 4.69) is 20.4 Å². The van der Waals surface area contributed by atoms with E-state index >= 15 is 0 Å². The lowest BCUT2D eigenvalue weighted by molar-refractivity contribution is 0.102. The Morgan fingerprint density at radius 3 is 2.97 bits per heavy atom. The summed E-state index contributed by atoms with van der Waals surface area (Å²) < 4.78 is 7.09. The van der Waals surface area contributed by atoms with Gasteiger partial charge in [-0.25, -0.2) is 9.78 Å². The van der Waals surface area contributed by atoms with Gasteiger partial charge in [0.25, 0.3) is 5.91 Å². The molecule has 5 rings (SSSR count). The molecule has 0 saturated carbocycles. The summed E-state index contributed by atoms with van der Waals surface area (Å²) in [6.45, 7) is 2.33. The molecule has 162 valence electrons. The normalized spacial score (nSPS) is 15.9. The highest BCUT2D eigenvalue weighted by Crippen LogP contribution is 2.32. The Morgan fingerprint density at radius 2 is 2.12 bits per heavy atom. The molecule has 3 aromatic heterocycles. The molecule has 4 aromatic rings. The van der Waals surface area contributed by atoms with Gasteiger partial charge in [0, 0.05) is 24.0 Å². The van der Waals surface area contributed by atoms with E-state index in [9.17, 15) is 14.7 Å². The third-order valence-corrected chi connectivity index (χ3v) is 5.62. The zero-order valence-electron chi connectivity index (χ0n) is 17.2. The van der Waals surface area contributed by atoms with E-state index in [1.807, 2.05) is 37.3 Å². The number of pyridine rings is 1. The van der Waals surface area contributed by atoms with E-state index in [0.717, 1.165) is 12.0 Å². The first-order chi connectivity index (χ1) is 15.5. The van der Waals surface area contributed by atoms with Crippen LogP contribution in [0.2, 0.25) is 0 Å². The Morgan fingerprint density at radius 1 is 1.25 bits per heavy atom. The standard InChI is InChI=1S/C22H20N6O4/c1-13-7-8-14(19-25-21(32-26-19)16-5-4-10-28(16)22(30)31)11-15(13)24-20(29)17-12-23-18-6-2-3-9-27(17)18/h2-3,6-9,11-12,16H,4-5,10H2,1H3,(H,24,29)(H,30,31). The van der Waals surface area contributed by atoms with Gasteiger partial charge in [0.1, 0.15) is 17.4 Å². The van der Waals surface area contributed by atoms with Gasteiger partial charge in [-0.05, 0) is 43.5 Å². The maximum Gasteiger partial charge on any atom is 0.407 e. The van der Waals surface area contributed by atoms with Crippen molar-refractivity contribution in [3.63, 3.8) is 0 Å². The largest absolute Gasteiger partial charge is 0.465 e. The van der Waals surface area contributed by atoms with Crippen molar-refractivity contribution in [1.29, 1.82) is 0 Å². The third-order valence-electron chi connectivity index (χ3n) is 5.62. The summed E-state index contributed by atoms with van der Waals surface area (Å²) in [6, 6.07) is 10.5. The fraction of sp³-hybridized carbons (Fsp3) is 0.227. The van der Waals surface area contributed by atoms with Gasteiger partial charge in [-0.15, -0.1) is 0 Å². The Hall–Kier alpha value is -4.21. The molecule has 10 heteroatoms. The van der Waals surface area contributed by atoms with Crippen molar-refractivity contribution in [3.05, 3.63) is 65.9 Å². The number of amides is 2. The number of carbonyl (C=O) groups is 2. The van der Waals surface area contributed by atoms with E-state index in [-0.39, 0.29) is 11.8 Å². The van der Waals surface area contributed by atoms with E-state index in [4.69, 9.17) is 4.52 Å². The topological polar surface area (TPSA) is 126 Å². The number of carbonyl (C=O) groups excluding carboxylic acids is 1. The van der Waals surface area contributed by atoms with Gasteiger partial charge in [-0.3, -0.25) is 14.1 Å². The molecule has 4 heterocycles. The van der Waals surface area contributed by atoms with Crippen LogP contribution in [0.3, 0.4) is 0 Å². The summed E-state index contributed by atoms with van der Waals surface area (Å²) in [5, 5.41) is 16.3. The van der Waals surface area contributed by atoms with Gasteiger partial charge in [-0.2, -0.15) is 4.98 Å². The number of benzene rings is 1. The van der Waals surface area contributed by atoms with Crippen LogP contribution in [0, 0.1) is 6.92 Å². The molecular formula is C22H20N6O4. The van der Waals surface area contributed by atoms with Gasteiger partial charge in [-0.1, -0.05) is 23.4 Å². The summed E-state index contributed by atoms with van der Waals surface area (Å²) in [7, 11) is 0. The van der Waals surface area contributed by atoms with Crippen LogP contribution in [0.5, 0.6) is 0 Å². The average molecular weight is 432 g/mol. The lowest BCUT2D eigenvalue weighted by Gasteiger charge is -2.17. The molecule has 1 aliphatic rings. The molecule has 1 aromatic carbocycles. The Labute approximate surface area is 182 Å². The summed E-state index contributed by atoms with van der Waals surface area (Å²) in [5.41, 5.74) is 3.23. The predicted octanol–water partition coefficient (Wildman–Crippen LogP) is 3.76. The summed E-state index contributed by atoms with van der Waals surface area (Å²) >= 11 is 0. The van der Waals surface area contributed by atoms with Crippen molar-refractivity contribution in [2.75, 3.05) is 11.9 Å². The van der Waals surface area contributed by atoms with Crippen molar-refractivity contribution in [3.8, 4) is 11.4 Å². The smallest absolute Gasteiger partial charge is 0.407 e. The number of hydrogen-bond acceptors (Lipinski definition) is 6. The van der Waals surface area contributed by atoms with Gasteiger partial charge < -0.3 is 14.9 Å². The minimum absolute atomic E-state index is 0.275. The number of hydrogen-bond donors (Lipinski definition) is 2. The number of anilines is 1. The molecule has 1 atom stereocenters. The Balaban J connectivity index is 1.40. The number of nitrogens with one attached hydrogen (secondary N) is 1. The fourth-order valence-electron chi connectivity index (χ4n) is 3.92. The first-order valence-corrected chi connectivity index (χ1v) is 10.2. The van der Waals surface area contributed by atoms with E-state index in [0.29, 0.717) is 41.4 Å². The van der Waals surface area contributed by atoms with Crippen LogP contribution in [-0.4, -0.2) is 48.1 Å². The van der Waals surface area contributed by atoms with Gasteiger partial charge >= 0.3 is 6.09 Å². The molecule has 0 aliphatic carbocycles. The van der Waals surface area contributed by atoms with Crippen LogP contribution in [0.1, 0.15) is 40.8 Å². The molecular weight excluding hydrogens is 412 g/mol. The SMILES string of the molecule is Cc1ccc(-c2noc(C3CCCN3C(=O)O)n2)cc1NC(=O)c1cnc2ccccn12. The minimum Gasteiger partial charge on any atom is -0.465 e. The summed E-state index contributed by atoms with van der Waals surface area (Å²) in [6.07, 6.45) is 3.71. The highest BCUT2D eigenvalue weighted by molar-refractivity contribution is 6.04. The van der Waals surface area contributed by atoms with E-state index in [1.165, 1.54) is 11.1 Å². The number of likely N-dealkylation sites (tertiary alicyclic amines) is 1. The number of aromatic nitrogens is 4. The molecule has 10 nitrogen and oxygen atoms in total. The van der Waals surface area contributed by atoms with Crippen LogP contribution in [0.4, 0.5) is 10.5 Å². The molecule has 0 spiro atoms. The van der Waals surface area contributed by atoms with Crippen LogP contribution in [0.15, 0.2) is 53.3 Å². The fourth-order valence-corrected chi connectivity index (χ4v) is 3.92. The van der Waals surface area contributed by atoms with Gasteiger partial charge in [0.15, 0.2) is 0 Å². The first-order valence-electron chi connectivity index (χ1n) is 10.2. The Bertz CT molecular complexity index is 1330. The number of nitrogens with zero attached hydrogens (tertiary/aromatic N) is 5. The quantitative estimate of drug-likeness (QED) is 0.503. The predicted molar refractivity (Wildman–Crippen MR) is 114 cm³/mol. The van der Waals surface area contributed by atoms with Crippen molar-refractivity contribution in [2.24, 2.45) is 0 Å². The zero-order valence-corrected chi connectivity index (χ0v) is 17.2. The lowest BCUT2D eigenvalue weighted by atomic mass is 10.1. The zero-order chi connectivity index (χ0) is 22.2. The van der Waals surface area contributed by atoms with Gasteiger partial charge in [0.05, 0.1) is 6.20 Å². The molecule has 32 heavy (non-hydrogen) atoms. The molecule has 1 saturated heterocycles. The molecule has 1 fully saturated rings. The number of imidazole rings is 1. The second kappa shape index (κ2) is 7.80. The number of aryl methyl sites for hydroxylation is 1. The Kier molecular flexibility index (Phi) is 4.81. The summed E-state index contributed by atoms with van der Waals surface area (Å²) in [4.78, 5) is 34.3. The second-order valence-electron chi connectivity index (χ2n) is 7.65. The average Bonchev–Trinajstić information content (AvgIpc) is 3.53. The lowest BCUT2D eigenvalue weighted by Crippen LogP contribution is -2.28.